The zero-order valence-electron chi connectivity index (χ0n) is 6.10. The average molecular weight is 144 g/mol. The molecule has 0 aromatic carbocycles. The lowest BCUT2D eigenvalue weighted by Gasteiger charge is -1.99. The van der Waals surface area contributed by atoms with Gasteiger partial charge in [0.1, 0.15) is 0 Å². The Morgan fingerprint density at radius 1 is 1.56 bits per heavy atom. The molecule has 0 saturated carbocycles. The first kappa shape index (κ1) is 8.43. The molecule has 0 fully saturated rings. The first-order chi connectivity index (χ1) is 4.16. The van der Waals surface area contributed by atoms with E-state index in [2.05, 4.69) is 0 Å². The van der Waals surface area contributed by atoms with Crippen LogP contribution in [0.5, 0.6) is 0 Å². The summed E-state index contributed by atoms with van der Waals surface area (Å²) < 4.78 is 5.13. The topological polar surface area (TPSA) is 26.3 Å². The van der Waals surface area contributed by atoms with Crippen molar-refractivity contribution in [1.29, 1.82) is 0 Å². The van der Waals surface area contributed by atoms with Gasteiger partial charge in [-0.1, -0.05) is 0 Å². The summed E-state index contributed by atoms with van der Waals surface area (Å²) in [4.78, 5) is 10.4. The van der Waals surface area contributed by atoms with Crippen molar-refractivity contribution in [3.63, 3.8) is 0 Å². The van der Waals surface area contributed by atoms with E-state index in [1.807, 2.05) is 6.55 Å². The Labute approximate surface area is 57.8 Å². The van der Waals surface area contributed by atoms with Gasteiger partial charge in [-0.25, -0.2) is 0 Å². The number of ketones is 1. The monoisotopic (exact) mass is 144 g/mol. The van der Waals surface area contributed by atoms with Crippen LogP contribution in [0.1, 0.15) is 13.8 Å². The zero-order chi connectivity index (χ0) is 7.28. The minimum atomic E-state index is -0.397. The molecule has 0 rings (SSSR count). The maximum Gasteiger partial charge on any atom is 0.216 e. The molecule has 0 aliphatic heterocycles. The summed E-state index contributed by atoms with van der Waals surface area (Å²) in [5, 5.41) is 0. The second-order valence-electron chi connectivity index (χ2n) is 1.80. The number of hydrogen-bond donors (Lipinski definition) is 0. The standard InChI is InChI=1S/C6H12O2Si/c1-5(7)4-6(2)8-9-3/h4H,9H2,1-3H3. The van der Waals surface area contributed by atoms with Gasteiger partial charge in [0.05, 0.1) is 5.76 Å². The molecule has 0 aliphatic carbocycles. The first-order valence-corrected chi connectivity index (χ1v) is 4.97. The molecule has 0 unspecified atom stereocenters. The van der Waals surface area contributed by atoms with E-state index in [4.69, 9.17) is 4.43 Å². The van der Waals surface area contributed by atoms with Crippen LogP contribution in [0.4, 0.5) is 0 Å². The van der Waals surface area contributed by atoms with Gasteiger partial charge in [0.15, 0.2) is 5.78 Å². The molecule has 0 aromatic heterocycles. The average Bonchev–Trinajstić information content (AvgIpc) is 1.63. The highest BCUT2D eigenvalue weighted by Gasteiger charge is 1.88. The quantitative estimate of drug-likeness (QED) is 0.330. The van der Waals surface area contributed by atoms with E-state index in [1.54, 1.807) is 6.92 Å². The minimum Gasteiger partial charge on any atom is -0.553 e. The lowest BCUT2D eigenvalue weighted by atomic mass is 10.4. The second-order valence-corrected chi connectivity index (χ2v) is 2.66. The summed E-state index contributed by atoms with van der Waals surface area (Å²) in [6.07, 6.45) is 1.51. The van der Waals surface area contributed by atoms with Crippen molar-refractivity contribution in [2.75, 3.05) is 0 Å². The van der Waals surface area contributed by atoms with Crippen molar-refractivity contribution >= 4 is 15.5 Å². The Balaban J connectivity index is 3.69. The largest absolute Gasteiger partial charge is 0.553 e. The van der Waals surface area contributed by atoms with Gasteiger partial charge in [0.25, 0.3) is 0 Å². The molecule has 0 bridgehead atoms. The molecule has 0 spiro atoms. The predicted octanol–water partition coefficient (Wildman–Crippen LogP) is 0.628. The molecule has 0 heterocycles. The van der Waals surface area contributed by atoms with Gasteiger partial charge in [-0.15, -0.1) is 0 Å². The van der Waals surface area contributed by atoms with Crippen LogP contribution >= 0.6 is 0 Å². The maximum absolute atomic E-state index is 10.4. The molecule has 3 heteroatoms. The number of allylic oxidation sites excluding steroid dienone is 2. The Bertz CT molecular complexity index is 129. The van der Waals surface area contributed by atoms with E-state index in [9.17, 15) is 4.79 Å². The molecule has 0 saturated heterocycles. The molecule has 52 valence electrons. The molecule has 0 aromatic rings. The Morgan fingerprint density at radius 2 is 2.11 bits per heavy atom. The normalized spacial score (nSPS) is 12.6. The maximum atomic E-state index is 10.4. The molecular formula is C6H12O2Si. The fourth-order valence-corrected chi connectivity index (χ4v) is 1.09. The van der Waals surface area contributed by atoms with Gasteiger partial charge >= 0.3 is 0 Å². The molecule has 0 radical (unpaired) electrons. The summed E-state index contributed by atoms with van der Waals surface area (Å²) in [5.41, 5.74) is 0. The smallest absolute Gasteiger partial charge is 0.216 e. The van der Waals surface area contributed by atoms with Crippen molar-refractivity contribution < 1.29 is 9.22 Å². The highest BCUT2D eigenvalue weighted by atomic mass is 28.2. The highest BCUT2D eigenvalue weighted by molar-refractivity contribution is 6.25. The molecule has 0 atom stereocenters. The van der Waals surface area contributed by atoms with E-state index < -0.39 is 9.76 Å². The van der Waals surface area contributed by atoms with Crippen molar-refractivity contribution in [2.45, 2.75) is 20.4 Å². The lowest BCUT2D eigenvalue weighted by Crippen LogP contribution is -1.93. The minimum absolute atomic E-state index is 0.0509. The third-order valence-corrected chi connectivity index (χ3v) is 1.52. The van der Waals surface area contributed by atoms with Crippen molar-refractivity contribution in [3.05, 3.63) is 11.8 Å². The molecule has 0 N–H and O–H groups in total. The number of carbonyl (C=O) groups excluding carboxylic acids is 1. The summed E-state index contributed by atoms with van der Waals surface area (Å²) in [7, 11) is -0.397. The predicted molar refractivity (Wildman–Crippen MR) is 39.9 cm³/mol. The Hall–Kier alpha value is -0.573. The van der Waals surface area contributed by atoms with Crippen LogP contribution in [0.2, 0.25) is 6.55 Å². The summed E-state index contributed by atoms with van der Waals surface area (Å²) >= 11 is 0. The third kappa shape index (κ3) is 5.30. The van der Waals surface area contributed by atoms with E-state index in [1.165, 1.54) is 13.0 Å². The Morgan fingerprint density at radius 3 is 2.44 bits per heavy atom. The van der Waals surface area contributed by atoms with E-state index in [-0.39, 0.29) is 5.78 Å². The van der Waals surface area contributed by atoms with Crippen LogP contribution in [-0.4, -0.2) is 15.5 Å². The van der Waals surface area contributed by atoms with Crippen LogP contribution in [0, 0.1) is 0 Å². The van der Waals surface area contributed by atoms with E-state index in [0.29, 0.717) is 0 Å². The van der Waals surface area contributed by atoms with E-state index >= 15 is 0 Å². The van der Waals surface area contributed by atoms with Gasteiger partial charge in [-0.05, 0) is 20.4 Å². The number of rotatable bonds is 3. The van der Waals surface area contributed by atoms with Gasteiger partial charge in [-0.3, -0.25) is 4.79 Å². The van der Waals surface area contributed by atoms with Crippen molar-refractivity contribution in [1.82, 2.24) is 0 Å². The third-order valence-electron chi connectivity index (χ3n) is 0.779. The molecule has 0 aliphatic rings. The summed E-state index contributed by atoms with van der Waals surface area (Å²) in [5.74, 6) is 0.798. The zero-order valence-corrected chi connectivity index (χ0v) is 7.52. The van der Waals surface area contributed by atoms with Gasteiger partial charge in [-0.2, -0.15) is 0 Å². The van der Waals surface area contributed by atoms with Crippen LogP contribution in [0.15, 0.2) is 11.8 Å². The fourth-order valence-electron chi connectivity index (χ4n) is 0.556. The molecule has 2 nitrogen and oxygen atoms in total. The summed E-state index contributed by atoms with van der Waals surface area (Å²) in [6.45, 7) is 5.35. The summed E-state index contributed by atoms with van der Waals surface area (Å²) in [6, 6.07) is 0. The van der Waals surface area contributed by atoms with Crippen molar-refractivity contribution in [3.8, 4) is 0 Å². The molecular weight excluding hydrogens is 132 g/mol. The van der Waals surface area contributed by atoms with E-state index in [0.717, 1.165) is 5.76 Å². The molecule has 9 heavy (non-hydrogen) atoms. The van der Waals surface area contributed by atoms with Gasteiger partial charge in [0.2, 0.25) is 9.76 Å². The lowest BCUT2D eigenvalue weighted by molar-refractivity contribution is -0.112. The van der Waals surface area contributed by atoms with Gasteiger partial charge in [0, 0.05) is 6.08 Å². The van der Waals surface area contributed by atoms with Crippen LogP contribution in [0.3, 0.4) is 0 Å². The Kier molecular flexibility index (Phi) is 4.04. The fraction of sp³-hybridized carbons (Fsp3) is 0.500. The van der Waals surface area contributed by atoms with Crippen LogP contribution in [-0.2, 0) is 9.22 Å². The number of hydrogen-bond acceptors (Lipinski definition) is 2. The van der Waals surface area contributed by atoms with Crippen LogP contribution < -0.4 is 0 Å². The second kappa shape index (κ2) is 4.32. The van der Waals surface area contributed by atoms with Crippen LogP contribution in [0.25, 0.3) is 0 Å². The first-order valence-electron chi connectivity index (χ1n) is 2.98. The van der Waals surface area contributed by atoms with Crippen molar-refractivity contribution in [2.24, 2.45) is 0 Å². The van der Waals surface area contributed by atoms with Gasteiger partial charge < -0.3 is 4.43 Å². The highest BCUT2D eigenvalue weighted by Crippen LogP contribution is 1.92. The number of carbonyl (C=O) groups is 1. The SMILES string of the molecule is C[SiH2]OC(C)=CC(C)=O. The molecule has 0 amide bonds.